The number of nitrogens with one attached hydrogen (secondary N) is 1. The van der Waals surface area contributed by atoms with Crippen molar-refractivity contribution < 1.29 is 29.3 Å². The Kier molecular flexibility index (Phi) is 9.59. The SMILES string of the molecule is O=C(O)C(CCc1ccccc1)NCCOCCCC(=O)N1CCC[C@H]1C(=O)O. The monoisotopic (exact) mass is 406 g/mol. The van der Waals surface area contributed by atoms with Crippen LogP contribution < -0.4 is 5.32 Å². The average Bonchev–Trinajstić information content (AvgIpc) is 3.20. The number of hydrogen-bond donors (Lipinski definition) is 3. The van der Waals surface area contributed by atoms with Gasteiger partial charge in [-0.2, -0.15) is 0 Å². The molecule has 0 bridgehead atoms. The van der Waals surface area contributed by atoms with Gasteiger partial charge in [-0.15, -0.1) is 0 Å². The third-order valence-corrected chi connectivity index (χ3v) is 5.04. The van der Waals surface area contributed by atoms with Gasteiger partial charge in [0.2, 0.25) is 5.91 Å². The Morgan fingerprint density at radius 3 is 2.62 bits per heavy atom. The predicted molar refractivity (Wildman–Crippen MR) is 107 cm³/mol. The molecule has 1 fully saturated rings. The summed E-state index contributed by atoms with van der Waals surface area (Å²) in [7, 11) is 0. The first-order chi connectivity index (χ1) is 14.0. The number of rotatable bonds is 13. The predicted octanol–water partition coefficient (Wildman–Crippen LogP) is 1.53. The van der Waals surface area contributed by atoms with E-state index in [1.165, 1.54) is 4.90 Å². The minimum atomic E-state index is -0.946. The molecule has 1 aliphatic rings. The summed E-state index contributed by atoms with van der Waals surface area (Å²) < 4.78 is 5.47. The van der Waals surface area contributed by atoms with Crippen LogP contribution in [0.3, 0.4) is 0 Å². The van der Waals surface area contributed by atoms with Gasteiger partial charge < -0.3 is 25.2 Å². The third-order valence-electron chi connectivity index (χ3n) is 5.04. The second kappa shape index (κ2) is 12.2. The molecule has 8 nitrogen and oxygen atoms in total. The van der Waals surface area contributed by atoms with Crippen molar-refractivity contribution >= 4 is 17.8 Å². The fourth-order valence-corrected chi connectivity index (χ4v) is 3.47. The van der Waals surface area contributed by atoms with Gasteiger partial charge in [0.05, 0.1) is 6.61 Å². The van der Waals surface area contributed by atoms with Gasteiger partial charge in [-0.25, -0.2) is 4.79 Å². The van der Waals surface area contributed by atoms with E-state index in [2.05, 4.69) is 5.32 Å². The van der Waals surface area contributed by atoms with Crippen molar-refractivity contribution in [2.75, 3.05) is 26.3 Å². The fraction of sp³-hybridized carbons (Fsp3) is 0.571. The summed E-state index contributed by atoms with van der Waals surface area (Å²) in [5, 5.41) is 21.4. The number of carboxylic acids is 2. The molecule has 0 saturated carbocycles. The summed E-state index contributed by atoms with van der Waals surface area (Å²) in [6.07, 6.45) is 3.18. The summed E-state index contributed by atoms with van der Waals surface area (Å²) in [4.78, 5) is 36.1. The van der Waals surface area contributed by atoms with Crippen molar-refractivity contribution in [1.29, 1.82) is 0 Å². The van der Waals surface area contributed by atoms with Crippen LogP contribution in [-0.4, -0.2) is 71.3 Å². The number of carboxylic acid groups (broad SMARTS) is 2. The Labute approximate surface area is 170 Å². The zero-order valence-corrected chi connectivity index (χ0v) is 16.6. The Balaban J connectivity index is 1.56. The zero-order valence-electron chi connectivity index (χ0n) is 16.6. The van der Waals surface area contributed by atoms with Crippen LogP contribution in [0.1, 0.15) is 37.7 Å². The van der Waals surface area contributed by atoms with Crippen LogP contribution in [0.5, 0.6) is 0 Å². The quantitative estimate of drug-likeness (QED) is 0.426. The van der Waals surface area contributed by atoms with Gasteiger partial charge in [0, 0.05) is 26.1 Å². The first-order valence-corrected chi connectivity index (χ1v) is 10.1. The Morgan fingerprint density at radius 1 is 1.17 bits per heavy atom. The van der Waals surface area contributed by atoms with Crippen molar-refractivity contribution in [3.05, 3.63) is 35.9 Å². The van der Waals surface area contributed by atoms with Crippen LogP contribution in [0.25, 0.3) is 0 Å². The van der Waals surface area contributed by atoms with E-state index in [9.17, 15) is 19.5 Å². The highest BCUT2D eigenvalue weighted by Crippen LogP contribution is 2.18. The summed E-state index contributed by atoms with van der Waals surface area (Å²) >= 11 is 0. The van der Waals surface area contributed by atoms with Crippen LogP contribution in [-0.2, 0) is 25.5 Å². The molecule has 8 heteroatoms. The lowest BCUT2D eigenvalue weighted by molar-refractivity contribution is -0.148. The fourth-order valence-electron chi connectivity index (χ4n) is 3.47. The van der Waals surface area contributed by atoms with Crippen LogP contribution in [0.2, 0.25) is 0 Å². The van der Waals surface area contributed by atoms with E-state index < -0.39 is 24.0 Å². The molecule has 1 aromatic rings. The molecule has 3 N–H and O–H groups in total. The number of carbonyl (C=O) groups is 3. The smallest absolute Gasteiger partial charge is 0.326 e. The number of hydrogen-bond acceptors (Lipinski definition) is 5. The van der Waals surface area contributed by atoms with Crippen molar-refractivity contribution in [1.82, 2.24) is 10.2 Å². The van der Waals surface area contributed by atoms with Gasteiger partial charge in [-0.3, -0.25) is 9.59 Å². The Hall–Kier alpha value is -2.45. The molecule has 2 atom stereocenters. The molecule has 2 rings (SSSR count). The van der Waals surface area contributed by atoms with E-state index in [1.54, 1.807) is 0 Å². The molecule has 1 amide bonds. The maximum absolute atomic E-state index is 12.1. The van der Waals surface area contributed by atoms with Gasteiger partial charge in [-0.05, 0) is 37.7 Å². The molecule has 1 aliphatic heterocycles. The molecule has 0 aromatic heterocycles. The van der Waals surface area contributed by atoms with E-state index in [-0.39, 0.29) is 12.3 Å². The highest BCUT2D eigenvalue weighted by atomic mass is 16.5. The minimum Gasteiger partial charge on any atom is -0.480 e. The molecule has 160 valence electrons. The highest BCUT2D eigenvalue weighted by Gasteiger charge is 2.33. The van der Waals surface area contributed by atoms with Crippen molar-refractivity contribution in [3.63, 3.8) is 0 Å². The standard InChI is InChI=1S/C21H30N2O6/c24-19(23-13-4-8-18(23)21(27)28)9-5-14-29-15-12-22-17(20(25)26)11-10-16-6-2-1-3-7-16/h1-3,6-7,17-18,22H,4-5,8-15H2,(H,25,26)(H,27,28)/t17?,18-/m0/s1. The number of aryl methyl sites for hydroxylation is 1. The van der Waals surface area contributed by atoms with Gasteiger partial charge in [0.15, 0.2) is 0 Å². The Bertz CT molecular complexity index is 666. The maximum atomic E-state index is 12.1. The third kappa shape index (κ3) is 7.83. The van der Waals surface area contributed by atoms with Crippen LogP contribution in [0, 0.1) is 0 Å². The van der Waals surface area contributed by atoms with Crippen molar-refractivity contribution in [2.24, 2.45) is 0 Å². The number of aliphatic carboxylic acids is 2. The summed E-state index contributed by atoms with van der Waals surface area (Å²) in [6, 6.07) is 8.41. The van der Waals surface area contributed by atoms with Crippen LogP contribution in [0.15, 0.2) is 30.3 Å². The summed E-state index contributed by atoms with van der Waals surface area (Å²) in [5.74, 6) is -1.98. The molecule has 1 saturated heterocycles. The lowest BCUT2D eigenvalue weighted by Gasteiger charge is -2.21. The molecular weight excluding hydrogens is 376 g/mol. The number of likely N-dealkylation sites (tertiary alicyclic amines) is 1. The Morgan fingerprint density at radius 2 is 1.93 bits per heavy atom. The topological polar surface area (TPSA) is 116 Å². The molecule has 1 aromatic carbocycles. The zero-order chi connectivity index (χ0) is 21.1. The van der Waals surface area contributed by atoms with Crippen molar-refractivity contribution in [2.45, 2.75) is 50.6 Å². The summed E-state index contributed by atoms with van der Waals surface area (Å²) in [6.45, 7) is 1.64. The molecule has 1 unspecified atom stereocenters. The molecule has 29 heavy (non-hydrogen) atoms. The number of carbonyl (C=O) groups excluding carboxylic acids is 1. The number of ether oxygens (including phenoxy) is 1. The van der Waals surface area contributed by atoms with E-state index >= 15 is 0 Å². The molecule has 0 aliphatic carbocycles. The number of nitrogens with zero attached hydrogens (tertiary/aromatic N) is 1. The normalized spacial score (nSPS) is 17.2. The molecular formula is C21H30N2O6. The number of amides is 1. The van der Waals surface area contributed by atoms with E-state index in [4.69, 9.17) is 9.84 Å². The van der Waals surface area contributed by atoms with Crippen molar-refractivity contribution in [3.8, 4) is 0 Å². The largest absolute Gasteiger partial charge is 0.480 e. The minimum absolute atomic E-state index is 0.150. The first kappa shape index (κ1) is 22.8. The van der Waals surface area contributed by atoms with Crippen LogP contribution >= 0.6 is 0 Å². The lowest BCUT2D eigenvalue weighted by Crippen LogP contribution is -2.40. The number of benzene rings is 1. The van der Waals surface area contributed by atoms with Crippen LogP contribution in [0.4, 0.5) is 0 Å². The van der Waals surface area contributed by atoms with Gasteiger partial charge in [0.1, 0.15) is 12.1 Å². The van der Waals surface area contributed by atoms with Gasteiger partial charge in [0.25, 0.3) is 0 Å². The summed E-state index contributed by atoms with van der Waals surface area (Å²) in [5.41, 5.74) is 1.10. The lowest BCUT2D eigenvalue weighted by atomic mass is 10.1. The van der Waals surface area contributed by atoms with E-state index in [0.717, 1.165) is 12.0 Å². The molecule has 0 spiro atoms. The van der Waals surface area contributed by atoms with E-state index in [1.807, 2.05) is 30.3 Å². The average molecular weight is 406 g/mol. The highest BCUT2D eigenvalue weighted by molar-refractivity contribution is 5.84. The second-order valence-electron chi connectivity index (χ2n) is 7.17. The molecule has 0 radical (unpaired) electrons. The van der Waals surface area contributed by atoms with Gasteiger partial charge in [-0.1, -0.05) is 30.3 Å². The van der Waals surface area contributed by atoms with E-state index in [0.29, 0.717) is 52.0 Å². The first-order valence-electron chi connectivity index (χ1n) is 10.1. The maximum Gasteiger partial charge on any atom is 0.326 e. The molecule has 1 heterocycles. The second-order valence-corrected chi connectivity index (χ2v) is 7.17. The van der Waals surface area contributed by atoms with Gasteiger partial charge >= 0.3 is 11.9 Å².